The number of nitrogens with two attached hydrogens (primary N) is 3. The number of carbonyl (C=O) groups is 10. The summed E-state index contributed by atoms with van der Waals surface area (Å²) < 4.78 is 0. The summed E-state index contributed by atoms with van der Waals surface area (Å²) in [6.45, 7) is 16.9. The molecule has 25 heteroatoms. The van der Waals surface area contributed by atoms with Gasteiger partial charge in [0.1, 0.15) is 48.0 Å². The second-order valence-electron chi connectivity index (χ2n) is 21.3. The Morgan fingerprint density at radius 3 is 1.77 bits per heavy atom. The summed E-state index contributed by atoms with van der Waals surface area (Å²) in [6, 6.07) is -3.25. The molecule has 9 amide bonds. The van der Waals surface area contributed by atoms with Gasteiger partial charge in [0.05, 0.1) is 19.1 Å². The van der Waals surface area contributed by atoms with E-state index in [2.05, 4.69) is 47.5 Å². The molecule has 0 bridgehead atoms. The van der Waals surface area contributed by atoms with Gasteiger partial charge >= 0.3 is 5.97 Å². The van der Waals surface area contributed by atoms with Gasteiger partial charge in [-0.25, -0.2) is 4.79 Å². The third-order valence-electron chi connectivity index (χ3n) is 13.0. The smallest absolute Gasteiger partial charge is 0.326 e. The highest BCUT2D eigenvalue weighted by molar-refractivity contribution is 5.98. The highest BCUT2D eigenvalue weighted by Crippen LogP contribution is 2.22. The Morgan fingerprint density at radius 1 is 0.662 bits per heavy atom. The van der Waals surface area contributed by atoms with Gasteiger partial charge in [0.25, 0.3) is 0 Å². The van der Waals surface area contributed by atoms with Gasteiger partial charge in [-0.1, -0.05) is 87.8 Å². The Balaban J connectivity index is 2.27. The predicted octanol–water partition coefficient (Wildman–Crippen LogP) is -1.02. The van der Waals surface area contributed by atoms with Crippen molar-refractivity contribution in [3.63, 3.8) is 0 Å². The molecule has 2 rings (SSSR count). The Bertz CT molecular complexity index is 2200. The fourth-order valence-electron chi connectivity index (χ4n) is 8.39. The molecule has 1 aliphatic heterocycles. The monoisotopic (exact) mass is 1090 g/mol. The lowest BCUT2D eigenvalue weighted by Crippen LogP contribution is -2.60. The van der Waals surface area contributed by atoms with Gasteiger partial charge in [-0.3, -0.25) is 48.1 Å². The summed E-state index contributed by atoms with van der Waals surface area (Å²) >= 11 is 0. The molecule has 1 fully saturated rings. The van der Waals surface area contributed by atoms with E-state index in [1.165, 1.54) is 17.0 Å². The SMILES string of the molecule is CC[C@H](C)[C@H](N)C(=O)N[C@H](C(=O)NCC(=O)NCC(=O)N[C@H](C(=O)N[C@@H](Cc1ccc(O)cc1)C(=O)N[C@@H](CC(C)C)C(=O)N[C@@H](CC(C)C)C(=O)N1CCC[C@H]1C(=O)N[C@@H](CCCN=C(N)N)C(=O)O)C(C)C)C(C)C. The van der Waals surface area contributed by atoms with Crippen LogP contribution in [0.4, 0.5) is 0 Å². The van der Waals surface area contributed by atoms with Crippen LogP contribution in [0.5, 0.6) is 5.75 Å². The van der Waals surface area contributed by atoms with Crippen LogP contribution in [0.2, 0.25) is 0 Å². The molecule has 1 heterocycles. The van der Waals surface area contributed by atoms with E-state index in [1.807, 2.05) is 41.5 Å². The number of phenolic OH excluding ortho intramolecular Hbond substituents is 1. The number of carboxylic acid groups (broad SMARTS) is 1. The quantitative estimate of drug-likeness (QED) is 0.0233. The summed E-state index contributed by atoms with van der Waals surface area (Å²) in [5.74, 6) is -9.00. The maximum Gasteiger partial charge on any atom is 0.326 e. The highest BCUT2D eigenvalue weighted by atomic mass is 16.4. The summed E-state index contributed by atoms with van der Waals surface area (Å²) in [5.41, 5.74) is 17.3. The first-order chi connectivity index (χ1) is 36.1. The van der Waals surface area contributed by atoms with E-state index < -0.39 is 126 Å². The minimum absolute atomic E-state index is 0.0219. The molecule has 1 aliphatic rings. The minimum Gasteiger partial charge on any atom is -0.508 e. The van der Waals surface area contributed by atoms with Crippen LogP contribution in [-0.4, -0.2) is 155 Å². The van der Waals surface area contributed by atoms with E-state index >= 15 is 0 Å². The largest absolute Gasteiger partial charge is 0.508 e. The van der Waals surface area contributed by atoms with Crippen LogP contribution in [0.15, 0.2) is 29.3 Å². The van der Waals surface area contributed by atoms with Gasteiger partial charge in [0.2, 0.25) is 53.2 Å². The number of phenols is 1. The van der Waals surface area contributed by atoms with Gasteiger partial charge in [0.15, 0.2) is 5.96 Å². The third-order valence-corrected chi connectivity index (χ3v) is 13.0. The first kappa shape index (κ1) is 66.1. The molecule has 0 spiro atoms. The maximum atomic E-state index is 14.4. The number of nitrogens with one attached hydrogen (secondary N) is 8. The molecule has 0 aromatic heterocycles. The molecule has 16 N–H and O–H groups in total. The van der Waals surface area contributed by atoms with E-state index in [4.69, 9.17) is 17.2 Å². The maximum absolute atomic E-state index is 14.4. The second-order valence-corrected chi connectivity index (χ2v) is 21.3. The van der Waals surface area contributed by atoms with Crippen molar-refractivity contribution in [3.05, 3.63) is 29.8 Å². The van der Waals surface area contributed by atoms with Gasteiger partial charge in [-0.05, 0) is 85.8 Å². The molecule has 1 aromatic rings. The van der Waals surface area contributed by atoms with E-state index in [0.717, 1.165) is 0 Å². The number of carboxylic acids is 1. The number of amides is 9. The van der Waals surface area contributed by atoms with Crippen molar-refractivity contribution in [2.75, 3.05) is 26.2 Å². The predicted molar refractivity (Wildman–Crippen MR) is 288 cm³/mol. The van der Waals surface area contributed by atoms with Crippen molar-refractivity contribution < 1.29 is 58.2 Å². The van der Waals surface area contributed by atoms with Gasteiger partial charge in [-0.2, -0.15) is 0 Å². The summed E-state index contributed by atoms with van der Waals surface area (Å²) in [4.78, 5) is 140. The number of carbonyl (C=O) groups excluding carboxylic acids is 9. The fourth-order valence-corrected chi connectivity index (χ4v) is 8.39. The fraction of sp³-hybridized carbons (Fsp3) is 0.673. The second kappa shape index (κ2) is 32.5. The van der Waals surface area contributed by atoms with Crippen LogP contribution in [-0.2, 0) is 54.4 Å². The van der Waals surface area contributed by atoms with Crippen LogP contribution in [0.1, 0.15) is 120 Å². The Kier molecular flexibility index (Phi) is 27.9. The lowest BCUT2D eigenvalue weighted by molar-refractivity contribution is -0.145. The number of aliphatic imine (C=N–C) groups is 1. The lowest BCUT2D eigenvalue weighted by atomic mass is 9.97. The number of rotatable bonds is 32. The molecule has 0 saturated carbocycles. The zero-order chi connectivity index (χ0) is 58.3. The van der Waals surface area contributed by atoms with Crippen molar-refractivity contribution >= 4 is 65.1 Å². The lowest BCUT2D eigenvalue weighted by Gasteiger charge is -2.31. The summed E-state index contributed by atoms with van der Waals surface area (Å²) in [5, 5.41) is 40.7. The van der Waals surface area contributed by atoms with Crippen molar-refractivity contribution in [3.8, 4) is 5.75 Å². The third kappa shape index (κ3) is 23.0. The topological polar surface area (TPSA) is 401 Å². The molecule has 0 aliphatic carbocycles. The van der Waals surface area contributed by atoms with Gasteiger partial charge < -0.3 is 74.8 Å². The number of hydrogen-bond acceptors (Lipinski definition) is 13. The summed E-state index contributed by atoms with van der Waals surface area (Å²) in [6.07, 6.45) is 1.73. The Labute approximate surface area is 451 Å². The van der Waals surface area contributed by atoms with E-state index in [9.17, 15) is 58.2 Å². The number of aliphatic carboxylic acids is 1. The molecule has 1 saturated heterocycles. The van der Waals surface area contributed by atoms with E-state index in [1.54, 1.807) is 39.8 Å². The number of hydrogen-bond donors (Lipinski definition) is 13. The zero-order valence-electron chi connectivity index (χ0n) is 46.4. The van der Waals surface area contributed by atoms with Crippen LogP contribution in [0.3, 0.4) is 0 Å². The van der Waals surface area contributed by atoms with Crippen LogP contribution >= 0.6 is 0 Å². The molecule has 77 heavy (non-hydrogen) atoms. The van der Waals surface area contributed by atoms with Crippen molar-refractivity contribution in [2.24, 2.45) is 51.8 Å². The molecule has 432 valence electrons. The molecular formula is C52H87N13O12. The number of nitrogens with zero attached hydrogens (tertiary/aromatic N) is 2. The molecular weight excluding hydrogens is 999 g/mol. The highest BCUT2D eigenvalue weighted by Gasteiger charge is 2.40. The molecule has 25 nitrogen and oxygen atoms in total. The molecule has 0 unspecified atom stereocenters. The van der Waals surface area contributed by atoms with Gasteiger partial charge in [-0.15, -0.1) is 0 Å². The van der Waals surface area contributed by atoms with E-state index in [-0.39, 0.29) is 87.0 Å². The van der Waals surface area contributed by atoms with Crippen LogP contribution in [0.25, 0.3) is 0 Å². The van der Waals surface area contributed by atoms with Crippen molar-refractivity contribution in [1.82, 2.24) is 47.4 Å². The Morgan fingerprint density at radius 2 is 1.21 bits per heavy atom. The molecule has 1 aromatic carbocycles. The average Bonchev–Trinajstić information content (AvgIpc) is 3.85. The van der Waals surface area contributed by atoms with Crippen molar-refractivity contribution in [1.29, 1.82) is 0 Å². The van der Waals surface area contributed by atoms with Gasteiger partial charge in [0, 0.05) is 19.5 Å². The Hall–Kier alpha value is -7.05. The molecule has 9 atom stereocenters. The number of likely N-dealkylation sites (tertiary alicyclic amines) is 1. The first-order valence-electron chi connectivity index (χ1n) is 26.5. The molecule has 0 radical (unpaired) electrons. The standard InChI is InChI=1S/C52H87N13O12/c1-11-31(10)41(53)47(72)64-42(29(6)7)48(73)58-25-39(67)57-26-40(68)63-43(30(8)9)49(74)61-36(24-32-16-18-33(66)19-17-32)45(70)60-35(22-27(2)3)44(69)62-37(23-28(4)5)50(75)65-21-13-15-38(65)46(71)59-34(51(76)77)14-12-20-56-52(54)55/h16-19,27-31,34-38,41-43,66H,11-15,20-26,53H2,1-10H3,(H,57,67)(H,58,73)(H,59,71)(H,60,70)(H,61,74)(H,62,69)(H,63,68)(H,64,72)(H,76,77)(H4,54,55,56)/t31-,34-,35-,36-,37-,38-,41-,42-,43-/m0/s1. The first-order valence-corrected chi connectivity index (χ1v) is 26.5. The van der Waals surface area contributed by atoms with E-state index in [0.29, 0.717) is 18.4 Å². The van der Waals surface area contributed by atoms with Crippen LogP contribution in [0, 0.1) is 29.6 Å². The average molecular weight is 1090 g/mol. The zero-order valence-corrected chi connectivity index (χ0v) is 46.4. The minimum atomic E-state index is -1.36. The normalized spacial score (nSPS) is 16.4. The number of guanidine groups is 1. The summed E-state index contributed by atoms with van der Waals surface area (Å²) in [7, 11) is 0. The van der Waals surface area contributed by atoms with Crippen molar-refractivity contribution in [2.45, 2.75) is 169 Å². The number of benzene rings is 1. The van der Waals surface area contributed by atoms with Crippen LogP contribution < -0.4 is 59.7 Å². The number of aromatic hydroxyl groups is 1.